The molecule has 2 aromatic carbocycles. The van der Waals surface area contributed by atoms with E-state index < -0.39 is 0 Å². The first kappa shape index (κ1) is 20.1. The van der Waals surface area contributed by atoms with Crippen LogP contribution in [0.3, 0.4) is 0 Å². The Hall–Kier alpha value is -3.21. The van der Waals surface area contributed by atoms with Crippen LogP contribution in [-0.2, 0) is 17.6 Å². The topological polar surface area (TPSA) is 60.7 Å². The maximum Gasteiger partial charge on any atom is 0.248 e. The largest absolute Gasteiger partial charge is 0.497 e. The fourth-order valence-electron chi connectivity index (χ4n) is 4.03. The van der Waals surface area contributed by atoms with Gasteiger partial charge in [0.15, 0.2) is 0 Å². The van der Waals surface area contributed by atoms with E-state index in [0.717, 1.165) is 46.5 Å². The first-order valence-corrected chi connectivity index (χ1v) is 10.4. The minimum absolute atomic E-state index is 0.197. The number of carbonyl (C=O) groups is 1. The van der Waals surface area contributed by atoms with Crippen LogP contribution < -0.4 is 14.8 Å². The number of allylic oxidation sites excluding steroid dienone is 1. The van der Waals surface area contributed by atoms with Crippen LogP contribution in [0.4, 0.5) is 5.69 Å². The molecule has 30 heavy (non-hydrogen) atoms. The molecule has 0 bridgehead atoms. The minimum atomic E-state index is -0.197. The van der Waals surface area contributed by atoms with Crippen LogP contribution in [0.25, 0.3) is 16.5 Å². The number of rotatable bonds is 6. The average molecular weight is 405 g/mol. The molecule has 1 heterocycles. The molecule has 1 amide bonds. The molecule has 1 N–H and O–H groups in total. The fourth-order valence-corrected chi connectivity index (χ4v) is 4.03. The molecule has 1 aromatic heterocycles. The SMILES string of the molecule is CCOc1cc2oc3c(c2cc1/C(C)=C/C(=O)Nc1cccc(OC)c1)CCCC3. The maximum atomic E-state index is 12.6. The number of nitrogens with one attached hydrogen (secondary N) is 1. The van der Waals surface area contributed by atoms with E-state index in [4.69, 9.17) is 13.9 Å². The van der Waals surface area contributed by atoms with Crippen molar-refractivity contribution in [2.75, 3.05) is 19.0 Å². The third kappa shape index (κ3) is 4.06. The predicted molar refractivity (Wildman–Crippen MR) is 119 cm³/mol. The summed E-state index contributed by atoms with van der Waals surface area (Å²) in [6.07, 6.45) is 5.98. The number of furan rings is 1. The molecule has 0 atom stereocenters. The zero-order valence-corrected chi connectivity index (χ0v) is 17.7. The van der Waals surface area contributed by atoms with Gasteiger partial charge in [0.05, 0.1) is 13.7 Å². The van der Waals surface area contributed by atoms with Gasteiger partial charge in [-0.15, -0.1) is 0 Å². The van der Waals surface area contributed by atoms with Crippen LogP contribution in [0, 0.1) is 0 Å². The molecule has 0 saturated heterocycles. The first-order valence-electron chi connectivity index (χ1n) is 10.4. The van der Waals surface area contributed by atoms with Crippen molar-refractivity contribution in [2.24, 2.45) is 0 Å². The Kier molecular flexibility index (Phi) is 5.79. The highest BCUT2D eigenvalue weighted by atomic mass is 16.5. The van der Waals surface area contributed by atoms with Gasteiger partial charge in [-0.05, 0) is 56.9 Å². The van der Waals surface area contributed by atoms with E-state index in [2.05, 4.69) is 11.4 Å². The molecule has 1 aliphatic carbocycles. The van der Waals surface area contributed by atoms with Gasteiger partial charge in [-0.1, -0.05) is 6.07 Å². The molecular formula is C25H27NO4. The second-order valence-electron chi connectivity index (χ2n) is 7.54. The second-order valence-corrected chi connectivity index (χ2v) is 7.54. The lowest BCUT2D eigenvalue weighted by Gasteiger charge is -2.12. The van der Waals surface area contributed by atoms with Crippen molar-refractivity contribution in [3.63, 3.8) is 0 Å². The van der Waals surface area contributed by atoms with E-state index in [1.807, 2.05) is 38.1 Å². The predicted octanol–water partition coefficient (Wildman–Crippen LogP) is 5.76. The van der Waals surface area contributed by atoms with Gasteiger partial charge < -0.3 is 19.2 Å². The number of aryl methyl sites for hydroxylation is 2. The molecule has 0 spiro atoms. The number of methoxy groups -OCH3 is 1. The highest BCUT2D eigenvalue weighted by Gasteiger charge is 2.20. The van der Waals surface area contributed by atoms with E-state index in [9.17, 15) is 4.79 Å². The van der Waals surface area contributed by atoms with Gasteiger partial charge in [-0.25, -0.2) is 0 Å². The average Bonchev–Trinajstić information content (AvgIpc) is 3.10. The summed E-state index contributed by atoms with van der Waals surface area (Å²) in [5.41, 5.74) is 4.61. The van der Waals surface area contributed by atoms with Gasteiger partial charge in [0.2, 0.25) is 5.91 Å². The Morgan fingerprint density at radius 1 is 1.20 bits per heavy atom. The van der Waals surface area contributed by atoms with Gasteiger partial charge >= 0.3 is 0 Å². The van der Waals surface area contributed by atoms with Crippen LogP contribution in [0.1, 0.15) is 43.6 Å². The van der Waals surface area contributed by atoms with Gasteiger partial charge in [0, 0.05) is 46.8 Å². The third-order valence-corrected chi connectivity index (χ3v) is 5.47. The number of benzene rings is 2. The molecule has 5 heteroatoms. The van der Waals surface area contributed by atoms with Crippen LogP contribution >= 0.6 is 0 Å². The van der Waals surface area contributed by atoms with E-state index in [0.29, 0.717) is 18.0 Å². The quantitative estimate of drug-likeness (QED) is 0.530. The number of hydrogen-bond acceptors (Lipinski definition) is 4. The zero-order chi connectivity index (χ0) is 21.1. The van der Waals surface area contributed by atoms with Crippen molar-refractivity contribution in [3.05, 3.63) is 59.4 Å². The highest BCUT2D eigenvalue weighted by Crippen LogP contribution is 2.38. The number of hydrogen-bond donors (Lipinski definition) is 1. The van der Waals surface area contributed by atoms with Crippen molar-refractivity contribution < 1.29 is 18.7 Å². The molecule has 0 fully saturated rings. The van der Waals surface area contributed by atoms with Crippen molar-refractivity contribution in [3.8, 4) is 11.5 Å². The summed E-state index contributed by atoms with van der Waals surface area (Å²) in [5.74, 6) is 2.33. The lowest BCUT2D eigenvalue weighted by atomic mass is 9.94. The molecule has 0 unspecified atom stereocenters. The van der Waals surface area contributed by atoms with Crippen LogP contribution in [0.15, 0.2) is 46.9 Å². The van der Waals surface area contributed by atoms with Crippen LogP contribution in [0.5, 0.6) is 11.5 Å². The monoisotopic (exact) mass is 405 g/mol. The van der Waals surface area contributed by atoms with Crippen molar-refractivity contribution in [2.45, 2.75) is 39.5 Å². The molecule has 1 aliphatic rings. The van der Waals surface area contributed by atoms with Crippen molar-refractivity contribution in [1.29, 1.82) is 0 Å². The lowest BCUT2D eigenvalue weighted by Crippen LogP contribution is -2.09. The van der Waals surface area contributed by atoms with Gasteiger partial charge in [-0.3, -0.25) is 4.79 Å². The number of anilines is 1. The molecule has 5 nitrogen and oxygen atoms in total. The summed E-state index contributed by atoms with van der Waals surface area (Å²) >= 11 is 0. The molecule has 3 aromatic rings. The minimum Gasteiger partial charge on any atom is -0.497 e. The van der Waals surface area contributed by atoms with Gasteiger partial charge in [0.1, 0.15) is 22.8 Å². The molecule has 0 saturated carbocycles. The Labute approximate surface area is 176 Å². The second kappa shape index (κ2) is 8.66. The van der Waals surface area contributed by atoms with E-state index in [-0.39, 0.29) is 5.91 Å². The number of fused-ring (bicyclic) bond motifs is 3. The zero-order valence-electron chi connectivity index (χ0n) is 17.7. The Morgan fingerprint density at radius 2 is 2.03 bits per heavy atom. The number of carbonyl (C=O) groups excluding carboxylic acids is 1. The van der Waals surface area contributed by atoms with Crippen molar-refractivity contribution >= 4 is 28.1 Å². The van der Waals surface area contributed by atoms with E-state index in [1.54, 1.807) is 19.3 Å². The molecule has 4 rings (SSSR count). The Morgan fingerprint density at radius 3 is 2.83 bits per heavy atom. The van der Waals surface area contributed by atoms with Crippen LogP contribution in [-0.4, -0.2) is 19.6 Å². The van der Waals surface area contributed by atoms with E-state index >= 15 is 0 Å². The van der Waals surface area contributed by atoms with Crippen molar-refractivity contribution in [1.82, 2.24) is 0 Å². The summed E-state index contributed by atoms with van der Waals surface area (Å²) in [6.45, 7) is 4.43. The number of amides is 1. The molecule has 156 valence electrons. The third-order valence-electron chi connectivity index (χ3n) is 5.47. The smallest absolute Gasteiger partial charge is 0.248 e. The summed E-state index contributed by atoms with van der Waals surface area (Å²) in [4.78, 5) is 12.6. The normalized spacial score (nSPS) is 13.8. The highest BCUT2D eigenvalue weighted by molar-refractivity contribution is 6.04. The molecule has 0 radical (unpaired) electrons. The molecule has 0 aliphatic heterocycles. The van der Waals surface area contributed by atoms with Gasteiger partial charge in [-0.2, -0.15) is 0 Å². The van der Waals surface area contributed by atoms with Crippen LogP contribution in [0.2, 0.25) is 0 Å². The maximum absolute atomic E-state index is 12.6. The summed E-state index contributed by atoms with van der Waals surface area (Å²) in [7, 11) is 1.60. The van der Waals surface area contributed by atoms with E-state index in [1.165, 1.54) is 18.4 Å². The van der Waals surface area contributed by atoms with Gasteiger partial charge in [0.25, 0.3) is 0 Å². The Balaban J connectivity index is 1.67. The summed E-state index contributed by atoms with van der Waals surface area (Å²) < 4.78 is 17.2. The lowest BCUT2D eigenvalue weighted by molar-refractivity contribution is -0.111. The fraction of sp³-hybridized carbons (Fsp3) is 0.320. The standard InChI is InChI=1S/C25H27NO4/c1-4-29-23-15-24-21(19-10-5-6-11-22(19)30-24)14-20(23)16(2)12-25(27)26-17-8-7-9-18(13-17)28-3/h7-9,12-15H,4-6,10-11H2,1-3H3,(H,26,27)/b16-12+. The Bertz CT molecular complexity index is 1110. The summed E-state index contributed by atoms with van der Waals surface area (Å²) in [5, 5.41) is 4.03. The molecular weight excluding hydrogens is 378 g/mol. The number of ether oxygens (including phenoxy) is 2. The first-order chi connectivity index (χ1) is 14.6. The summed E-state index contributed by atoms with van der Waals surface area (Å²) in [6, 6.07) is 11.4.